The van der Waals surface area contributed by atoms with Gasteiger partial charge in [-0.15, -0.1) is 0 Å². The molecule has 1 aromatic rings. The number of carbonyl (C=O) groups is 1. The minimum absolute atomic E-state index is 0.144. The van der Waals surface area contributed by atoms with Crippen molar-refractivity contribution >= 4 is 11.7 Å². The van der Waals surface area contributed by atoms with E-state index >= 15 is 0 Å². The fourth-order valence-corrected chi connectivity index (χ4v) is 1.77. The number of hydrogen-bond donors (Lipinski definition) is 1. The largest absolute Gasteiger partial charge is 0.497 e. The lowest BCUT2D eigenvalue weighted by atomic mass is 10.1. The zero-order valence-electron chi connectivity index (χ0n) is 11.9. The molecule has 0 spiro atoms. The van der Waals surface area contributed by atoms with Crippen LogP contribution in [0.4, 0.5) is 5.69 Å². The Labute approximate surface area is 113 Å². The Bertz CT molecular complexity index is 445. The lowest BCUT2D eigenvalue weighted by Crippen LogP contribution is -2.16. The first-order valence-corrected chi connectivity index (χ1v) is 6.25. The van der Waals surface area contributed by atoms with E-state index < -0.39 is 5.97 Å². The molecule has 19 heavy (non-hydrogen) atoms. The summed E-state index contributed by atoms with van der Waals surface area (Å²) in [5.41, 5.74) is 6.41. The van der Waals surface area contributed by atoms with E-state index in [1.807, 2.05) is 13.8 Å². The molecule has 0 aromatic heterocycles. The predicted molar refractivity (Wildman–Crippen MR) is 73.7 cm³/mol. The summed E-state index contributed by atoms with van der Waals surface area (Å²) in [5, 5.41) is 0. The second-order valence-electron chi connectivity index (χ2n) is 4.30. The first-order chi connectivity index (χ1) is 9.03. The second kappa shape index (κ2) is 6.87. The first kappa shape index (κ1) is 15.1. The number of anilines is 1. The topological polar surface area (TPSA) is 70.8 Å². The Morgan fingerprint density at radius 2 is 2.00 bits per heavy atom. The third-order valence-electron chi connectivity index (χ3n) is 2.79. The minimum atomic E-state index is -0.462. The van der Waals surface area contributed by atoms with Crippen LogP contribution in [-0.4, -0.2) is 26.3 Å². The summed E-state index contributed by atoms with van der Waals surface area (Å²) in [6.45, 7) is 3.89. The van der Waals surface area contributed by atoms with Gasteiger partial charge >= 0.3 is 5.97 Å². The molecular weight excluding hydrogens is 246 g/mol. The summed E-state index contributed by atoms with van der Waals surface area (Å²) >= 11 is 0. The summed E-state index contributed by atoms with van der Waals surface area (Å²) in [5.74, 6) is 0.436. The second-order valence-corrected chi connectivity index (χ2v) is 4.30. The van der Waals surface area contributed by atoms with Gasteiger partial charge < -0.3 is 19.9 Å². The molecule has 0 saturated heterocycles. The molecule has 106 valence electrons. The van der Waals surface area contributed by atoms with Crippen molar-refractivity contribution in [1.29, 1.82) is 0 Å². The molecule has 0 saturated carbocycles. The number of hydrogen-bond acceptors (Lipinski definition) is 5. The maximum absolute atomic E-state index is 12.1. The maximum atomic E-state index is 12.1. The molecule has 2 N–H and O–H groups in total. The molecule has 0 heterocycles. The summed E-state index contributed by atoms with van der Waals surface area (Å²) in [6.07, 6.45) is 1.62. The van der Waals surface area contributed by atoms with E-state index in [9.17, 15) is 4.79 Å². The summed E-state index contributed by atoms with van der Waals surface area (Å²) in [4.78, 5) is 12.1. The smallest absolute Gasteiger partial charge is 0.340 e. The Kier molecular flexibility index (Phi) is 5.48. The average Bonchev–Trinajstić information content (AvgIpc) is 2.39. The van der Waals surface area contributed by atoms with Crippen LogP contribution in [0, 0.1) is 0 Å². The van der Waals surface area contributed by atoms with Crippen LogP contribution in [0.2, 0.25) is 0 Å². The maximum Gasteiger partial charge on any atom is 0.340 e. The number of nitrogens with two attached hydrogens (primary N) is 1. The zero-order chi connectivity index (χ0) is 14.4. The van der Waals surface area contributed by atoms with E-state index in [0.29, 0.717) is 11.5 Å². The molecule has 0 amide bonds. The number of methoxy groups -OCH3 is 2. The Morgan fingerprint density at radius 3 is 2.53 bits per heavy atom. The van der Waals surface area contributed by atoms with E-state index in [1.165, 1.54) is 14.2 Å². The molecule has 1 atom stereocenters. The van der Waals surface area contributed by atoms with Crippen LogP contribution in [0.15, 0.2) is 12.1 Å². The van der Waals surface area contributed by atoms with Gasteiger partial charge in [0.15, 0.2) is 0 Å². The minimum Gasteiger partial charge on any atom is -0.497 e. The molecule has 0 aliphatic rings. The molecular formula is C14H21NO4. The van der Waals surface area contributed by atoms with E-state index in [2.05, 4.69) is 0 Å². The van der Waals surface area contributed by atoms with Crippen molar-refractivity contribution in [1.82, 2.24) is 0 Å². The third-order valence-corrected chi connectivity index (χ3v) is 2.79. The molecule has 1 unspecified atom stereocenters. The van der Waals surface area contributed by atoms with Crippen molar-refractivity contribution in [2.45, 2.75) is 32.8 Å². The predicted octanol–water partition coefficient (Wildman–Crippen LogP) is 2.63. The number of carbonyl (C=O) groups excluding carboxylic acids is 1. The van der Waals surface area contributed by atoms with Crippen molar-refractivity contribution < 1.29 is 19.0 Å². The van der Waals surface area contributed by atoms with Crippen LogP contribution in [0.5, 0.6) is 11.5 Å². The van der Waals surface area contributed by atoms with E-state index in [1.54, 1.807) is 12.1 Å². The third kappa shape index (κ3) is 3.77. The van der Waals surface area contributed by atoms with Gasteiger partial charge in [0.1, 0.15) is 11.5 Å². The highest BCUT2D eigenvalue weighted by Gasteiger charge is 2.19. The highest BCUT2D eigenvalue weighted by molar-refractivity contribution is 5.97. The Morgan fingerprint density at radius 1 is 1.32 bits per heavy atom. The number of rotatable bonds is 6. The van der Waals surface area contributed by atoms with Crippen LogP contribution < -0.4 is 15.2 Å². The van der Waals surface area contributed by atoms with Gasteiger partial charge in [-0.2, -0.15) is 0 Å². The SMILES string of the molecule is CCCC(C)OC(=O)c1cc(OC)cc(OC)c1N. The van der Waals surface area contributed by atoms with Gasteiger partial charge in [-0.1, -0.05) is 13.3 Å². The van der Waals surface area contributed by atoms with Crippen molar-refractivity contribution in [3.8, 4) is 11.5 Å². The van der Waals surface area contributed by atoms with Gasteiger partial charge in [0.25, 0.3) is 0 Å². The van der Waals surface area contributed by atoms with E-state index in [-0.39, 0.29) is 17.4 Å². The van der Waals surface area contributed by atoms with Crippen LogP contribution in [0.3, 0.4) is 0 Å². The van der Waals surface area contributed by atoms with Gasteiger partial charge in [0.05, 0.1) is 31.6 Å². The van der Waals surface area contributed by atoms with Gasteiger partial charge in [-0.05, 0) is 19.4 Å². The molecule has 1 rings (SSSR count). The molecule has 5 heteroatoms. The van der Waals surface area contributed by atoms with Crippen LogP contribution in [-0.2, 0) is 4.74 Å². The quantitative estimate of drug-likeness (QED) is 0.633. The molecule has 1 aromatic carbocycles. The normalized spacial score (nSPS) is 11.8. The summed E-state index contributed by atoms with van der Waals surface area (Å²) < 4.78 is 15.6. The van der Waals surface area contributed by atoms with E-state index in [0.717, 1.165) is 12.8 Å². The van der Waals surface area contributed by atoms with Gasteiger partial charge in [0.2, 0.25) is 0 Å². The lowest BCUT2D eigenvalue weighted by molar-refractivity contribution is 0.0324. The zero-order valence-corrected chi connectivity index (χ0v) is 11.9. The van der Waals surface area contributed by atoms with Crippen molar-refractivity contribution in [2.75, 3.05) is 20.0 Å². The van der Waals surface area contributed by atoms with Gasteiger partial charge in [-0.25, -0.2) is 4.79 Å². The fourth-order valence-electron chi connectivity index (χ4n) is 1.77. The molecule has 0 fully saturated rings. The highest BCUT2D eigenvalue weighted by atomic mass is 16.5. The molecule has 5 nitrogen and oxygen atoms in total. The van der Waals surface area contributed by atoms with Gasteiger partial charge in [-0.3, -0.25) is 0 Å². The number of benzene rings is 1. The molecule has 0 aliphatic heterocycles. The van der Waals surface area contributed by atoms with Crippen LogP contribution in [0.1, 0.15) is 37.0 Å². The standard InChI is InChI=1S/C14H21NO4/c1-5-6-9(2)19-14(16)11-7-10(17-3)8-12(18-4)13(11)15/h7-9H,5-6,15H2,1-4H3. The number of ether oxygens (including phenoxy) is 3. The molecule has 0 bridgehead atoms. The average molecular weight is 267 g/mol. The van der Waals surface area contributed by atoms with E-state index in [4.69, 9.17) is 19.9 Å². The van der Waals surface area contributed by atoms with Crippen molar-refractivity contribution in [3.05, 3.63) is 17.7 Å². The molecule has 0 radical (unpaired) electrons. The molecule has 0 aliphatic carbocycles. The van der Waals surface area contributed by atoms with Crippen LogP contribution >= 0.6 is 0 Å². The van der Waals surface area contributed by atoms with Crippen molar-refractivity contribution in [2.24, 2.45) is 0 Å². The highest BCUT2D eigenvalue weighted by Crippen LogP contribution is 2.31. The monoisotopic (exact) mass is 267 g/mol. The van der Waals surface area contributed by atoms with Crippen molar-refractivity contribution in [3.63, 3.8) is 0 Å². The fraction of sp³-hybridized carbons (Fsp3) is 0.500. The number of nitrogen functional groups attached to an aromatic ring is 1. The Balaban J connectivity index is 3.01. The number of esters is 1. The summed E-state index contributed by atoms with van der Waals surface area (Å²) in [7, 11) is 3.00. The Hall–Kier alpha value is -1.91. The van der Waals surface area contributed by atoms with Gasteiger partial charge in [0, 0.05) is 6.07 Å². The van der Waals surface area contributed by atoms with Crippen LogP contribution in [0.25, 0.3) is 0 Å². The summed E-state index contributed by atoms with van der Waals surface area (Å²) in [6, 6.07) is 3.18. The lowest BCUT2D eigenvalue weighted by Gasteiger charge is -2.15. The first-order valence-electron chi connectivity index (χ1n) is 6.25.